The van der Waals surface area contributed by atoms with Crippen LogP contribution in [0.25, 0.3) is 0 Å². The highest BCUT2D eigenvalue weighted by Crippen LogP contribution is 2.34. The van der Waals surface area contributed by atoms with Crippen LogP contribution in [-0.4, -0.2) is 11.8 Å². The van der Waals surface area contributed by atoms with E-state index in [1.165, 1.54) is 22.5 Å². The summed E-state index contributed by atoms with van der Waals surface area (Å²) in [5.74, 6) is 0.198. The Kier molecular flexibility index (Phi) is 4.34. The van der Waals surface area contributed by atoms with Crippen molar-refractivity contribution in [1.82, 2.24) is 5.32 Å². The van der Waals surface area contributed by atoms with Crippen LogP contribution in [0.2, 0.25) is 0 Å². The molecule has 25 heavy (non-hydrogen) atoms. The Bertz CT molecular complexity index is 823. The Hall–Kier alpha value is -2.14. The summed E-state index contributed by atoms with van der Waals surface area (Å²) in [6.45, 7) is 1.92. The fourth-order valence-electron chi connectivity index (χ4n) is 3.47. The highest BCUT2D eigenvalue weighted by atomic mass is 32.1. The van der Waals surface area contributed by atoms with Gasteiger partial charge in [-0.2, -0.15) is 0 Å². The van der Waals surface area contributed by atoms with Gasteiger partial charge in [0.15, 0.2) is 0 Å². The number of benzene rings is 1. The van der Waals surface area contributed by atoms with Crippen molar-refractivity contribution in [3.05, 3.63) is 51.9 Å². The van der Waals surface area contributed by atoms with E-state index in [9.17, 15) is 9.59 Å². The second-order valence-corrected chi connectivity index (χ2v) is 8.06. The van der Waals surface area contributed by atoms with Gasteiger partial charge in [-0.3, -0.25) is 9.59 Å². The quantitative estimate of drug-likeness (QED) is 0.864. The normalized spacial score (nSPS) is 19.2. The second kappa shape index (κ2) is 6.64. The number of rotatable bonds is 4. The van der Waals surface area contributed by atoms with Crippen LogP contribution in [0.1, 0.15) is 58.1 Å². The summed E-state index contributed by atoms with van der Waals surface area (Å²) in [7, 11) is 0. The van der Waals surface area contributed by atoms with E-state index >= 15 is 0 Å². The van der Waals surface area contributed by atoms with E-state index in [0.29, 0.717) is 4.88 Å². The number of carbonyl (C=O) groups excluding carboxylic acids is 2. The number of anilines is 1. The molecule has 5 heteroatoms. The Morgan fingerprint density at radius 1 is 1.16 bits per heavy atom. The summed E-state index contributed by atoms with van der Waals surface area (Å²) in [6, 6.07) is 10.3. The van der Waals surface area contributed by atoms with Crippen molar-refractivity contribution in [2.24, 2.45) is 5.92 Å². The van der Waals surface area contributed by atoms with Crippen molar-refractivity contribution in [1.29, 1.82) is 0 Å². The van der Waals surface area contributed by atoms with Crippen LogP contribution >= 0.6 is 11.3 Å². The minimum atomic E-state index is -0.0453. The lowest BCUT2D eigenvalue weighted by Gasteiger charge is -2.26. The minimum absolute atomic E-state index is 0.0453. The molecule has 2 aliphatic rings. The lowest BCUT2D eigenvalue weighted by Crippen LogP contribution is -2.30. The van der Waals surface area contributed by atoms with E-state index in [4.69, 9.17) is 0 Å². The molecule has 0 unspecified atom stereocenters. The fraction of sp³-hybridized carbons (Fsp3) is 0.400. The van der Waals surface area contributed by atoms with Gasteiger partial charge in [-0.25, -0.2) is 0 Å². The molecular weight excluding hydrogens is 332 g/mol. The van der Waals surface area contributed by atoms with Crippen LogP contribution in [-0.2, 0) is 11.2 Å². The number of hydrogen-bond donors (Lipinski definition) is 2. The van der Waals surface area contributed by atoms with Crippen molar-refractivity contribution in [2.45, 2.75) is 45.1 Å². The largest absolute Gasteiger partial charge is 0.345 e. The van der Waals surface area contributed by atoms with Crippen molar-refractivity contribution in [2.75, 3.05) is 5.32 Å². The number of amides is 2. The first kappa shape index (κ1) is 16.3. The van der Waals surface area contributed by atoms with Gasteiger partial charge >= 0.3 is 0 Å². The first-order valence-electron chi connectivity index (χ1n) is 8.92. The summed E-state index contributed by atoms with van der Waals surface area (Å²) >= 11 is 1.37. The molecule has 0 spiro atoms. The van der Waals surface area contributed by atoms with Gasteiger partial charge in [0, 0.05) is 5.92 Å². The maximum Gasteiger partial charge on any atom is 0.262 e. The molecule has 0 bridgehead atoms. The first-order valence-corrected chi connectivity index (χ1v) is 9.73. The molecule has 1 aromatic carbocycles. The van der Waals surface area contributed by atoms with Crippen LogP contribution in [0.5, 0.6) is 0 Å². The van der Waals surface area contributed by atoms with Gasteiger partial charge in [-0.1, -0.05) is 24.3 Å². The smallest absolute Gasteiger partial charge is 0.262 e. The average molecular weight is 354 g/mol. The number of thiophene rings is 1. The van der Waals surface area contributed by atoms with Gasteiger partial charge < -0.3 is 10.6 Å². The summed E-state index contributed by atoms with van der Waals surface area (Å²) in [4.78, 5) is 25.4. The topological polar surface area (TPSA) is 58.2 Å². The maximum absolute atomic E-state index is 12.8. The van der Waals surface area contributed by atoms with E-state index in [1.54, 1.807) is 0 Å². The Morgan fingerprint density at radius 3 is 2.76 bits per heavy atom. The predicted molar refractivity (Wildman–Crippen MR) is 100.0 cm³/mol. The molecule has 2 N–H and O–H groups in total. The zero-order chi connectivity index (χ0) is 17.4. The molecular formula is C20H22N2O2S. The molecule has 0 aliphatic heterocycles. The number of aryl methyl sites for hydroxylation is 2. The number of nitrogens with one attached hydrogen (secondary N) is 2. The van der Waals surface area contributed by atoms with Gasteiger partial charge in [0.2, 0.25) is 5.91 Å². The zero-order valence-electron chi connectivity index (χ0n) is 14.3. The minimum Gasteiger partial charge on any atom is -0.345 e. The number of hydrogen-bond acceptors (Lipinski definition) is 3. The molecule has 2 amide bonds. The van der Waals surface area contributed by atoms with Gasteiger partial charge in [-0.05, 0) is 61.8 Å². The molecule has 4 rings (SSSR count). The molecule has 4 nitrogen and oxygen atoms in total. The third-order valence-corrected chi connectivity index (χ3v) is 6.14. The first-order chi connectivity index (χ1) is 12.1. The third-order valence-electron chi connectivity index (χ3n) is 4.99. The van der Waals surface area contributed by atoms with Crippen LogP contribution in [0.15, 0.2) is 30.3 Å². The summed E-state index contributed by atoms with van der Waals surface area (Å²) in [6.07, 6.45) is 5.10. The van der Waals surface area contributed by atoms with Crippen LogP contribution in [0.4, 0.5) is 5.00 Å². The maximum atomic E-state index is 12.8. The Morgan fingerprint density at radius 2 is 1.96 bits per heavy atom. The molecule has 2 aromatic rings. The molecule has 1 heterocycles. The lowest BCUT2D eigenvalue weighted by atomic mass is 9.88. The van der Waals surface area contributed by atoms with Crippen LogP contribution in [0.3, 0.4) is 0 Å². The van der Waals surface area contributed by atoms with E-state index < -0.39 is 0 Å². The highest BCUT2D eigenvalue weighted by molar-refractivity contribution is 7.18. The van der Waals surface area contributed by atoms with Crippen LogP contribution in [0, 0.1) is 12.8 Å². The second-order valence-electron chi connectivity index (χ2n) is 7.00. The fourth-order valence-corrected chi connectivity index (χ4v) is 4.44. The summed E-state index contributed by atoms with van der Waals surface area (Å²) < 4.78 is 0. The van der Waals surface area contributed by atoms with E-state index in [2.05, 4.69) is 28.8 Å². The Balaban J connectivity index is 1.48. The summed E-state index contributed by atoms with van der Waals surface area (Å²) in [5.41, 5.74) is 3.48. The van der Waals surface area contributed by atoms with Crippen LogP contribution < -0.4 is 10.6 Å². The summed E-state index contributed by atoms with van der Waals surface area (Å²) in [5, 5.41) is 6.90. The average Bonchev–Trinajstić information content (AvgIpc) is 3.39. The molecule has 2 aliphatic carbocycles. The van der Waals surface area contributed by atoms with E-state index in [1.807, 2.05) is 19.1 Å². The van der Waals surface area contributed by atoms with Gasteiger partial charge in [0.1, 0.15) is 0 Å². The molecule has 1 atom stereocenters. The Labute approximate surface area is 151 Å². The monoisotopic (exact) mass is 354 g/mol. The molecule has 0 radical (unpaired) electrons. The van der Waals surface area contributed by atoms with Crippen molar-refractivity contribution in [3.8, 4) is 0 Å². The number of fused-ring (bicyclic) bond motifs is 1. The molecule has 1 fully saturated rings. The predicted octanol–water partition coefficient (Wildman–Crippen LogP) is 4.21. The molecule has 1 aromatic heterocycles. The van der Waals surface area contributed by atoms with Crippen molar-refractivity contribution >= 4 is 28.2 Å². The lowest BCUT2D eigenvalue weighted by molar-refractivity contribution is -0.117. The third kappa shape index (κ3) is 3.47. The molecule has 1 saturated carbocycles. The standard InChI is InChI=1S/C20H22N2O2S/c1-12-11-17(22-19(23)14-9-10-14)25-18(12)20(24)21-16-8-4-6-13-5-2-3-7-15(13)16/h2-3,5,7,11,14,16H,4,6,8-10H2,1H3,(H,21,24)(H,22,23)/t16-/m1/s1. The molecule has 0 saturated heterocycles. The van der Waals surface area contributed by atoms with Gasteiger partial charge in [0.05, 0.1) is 15.9 Å². The van der Waals surface area contributed by atoms with E-state index in [0.717, 1.165) is 42.7 Å². The van der Waals surface area contributed by atoms with Crippen molar-refractivity contribution < 1.29 is 9.59 Å². The van der Waals surface area contributed by atoms with Gasteiger partial charge in [0.25, 0.3) is 5.91 Å². The van der Waals surface area contributed by atoms with Gasteiger partial charge in [-0.15, -0.1) is 11.3 Å². The number of carbonyl (C=O) groups is 2. The molecule has 130 valence electrons. The van der Waals surface area contributed by atoms with Crippen molar-refractivity contribution in [3.63, 3.8) is 0 Å². The highest BCUT2D eigenvalue weighted by Gasteiger charge is 2.30. The zero-order valence-corrected chi connectivity index (χ0v) is 15.1. The SMILES string of the molecule is Cc1cc(NC(=O)C2CC2)sc1C(=O)N[C@@H]1CCCc2ccccc21. The van der Waals surface area contributed by atoms with E-state index in [-0.39, 0.29) is 23.8 Å².